The Morgan fingerprint density at radius 3 is 2.60 bits per heavy atom. The van der Waals surface area contributed by atoms with Gasteiger partial charge in [-0.05, 0) is 54.0 Å². The highest BCUT2D eigenvalue weighted by Gasteiger charge is 2.22. The minimum Gasteiger partial charge on any atom is -0.279 e. The quantitative estimate of drug-likeness (QED) is 0.284. The van der Waals surface area contributed by atoms with Gasteiger partial charge in [-0.1, -0.05) is 54.7 Å². The van der Waals surface area contributed by atoms with E-state index in [2.05, 4.69) is 25.3 Å². The zero-order valence-electron chi connectivity index (χ0n) is 16.9. The van der Waals surface area contributed by atoms with E-state index in [1.165, 1.54) is 4.90 Å². The number of anilines is 1. The molecular weight excluding hydrogens is 428 g/mol. The molecule has 3 aromatic carbocycles. The van der Waals surface area contributed by atoms with Gasteiger partial charge in [0.25, 0.3) is 5.91 Å². The van der Waals surface area contributed by atoms with Gasteiger partial charge in [0, 0.05) is 15.4 Å². The predicted octanol–water partition coefficient (Wildman–Crippen LogP) is 6.98. The summed E-state index contributed by atoms with van der Waals surface area (Å²) in [6.07, 6.45) is 2.07. The monoisotopic (exact) mass is 450 g/mol. The summed E-state index contributed by atoms with van der Waals surface area (Å²) in [5.41, 5.74) is 2.69. The number of thiazole rings is 1. The molecule has 6 heteroatoms. The highest BCUT2D eigenvalue weighted by atomic mass is 32.2. The van der Waals surface area contributed by atoms with Crippen LogP contribution in [0.5, 0.6) is 0 Å². The van der Waals surface area contributed by atoms with Crippen LogP contribution in [0.1, 0.15) is 22.8 Å². The molecule has 0 aliphatic heterocycles. The number of aromatic nitrogens is 1. The topological polar surface area (TPSA) is 33.2 Å². The van der Waals surface area contributed by atoms with E-state index in [0.717, 1.165) is 31.6 Å². The molecule has 1 aromatic heterocycles. The fourth-order valence-electron chi connectivity index (χ4n) is 3.17. The first-order valence-electron chi connectivity index (χ1n) is 9.71. The van der Waals surface area contributed by atoms with Crippen LogP contribution >= 0.6 is 34.9 Å². The van der Waals surface area contributed by atoms with Crippen LogP contribution in [0.15, 0.2) is 82.6 Å². The second-order valence-electron chi connectivity index (χ2n) is 6.67. The van der Waals surface area contributed by atoms with Crippen molar-refractivity contribution in [3.05, 3.63) is 83.9 Å². The van der Waals surface area contributed by atoms with E-state index in [1.54, 1.807) is 39.8 Å². The lowest BCUT2D eigenvalue weighted by atomic mass is 10.1. The van der Waals surface area contributed by atoms with E-state index in [-0.39, 0.29) is 5.91 Å². The minimum absolute atomic E-state index is 0.0263. The van der Waals surface area contributed by atoms with Crippen LogP contribution < -0.4 is 4.90 Å². The maximum absolute atomic E-state index is 13.6. The van der Waals surface area contributed by atoms with Crippen LogP contribution in [-0.2, 0) is 6.54 Å². The number of carbonyl (C=O) groups excluding carboxylic acids is 1. The van der Waals surface area contributed by atoms with Crippen LogP contribution in [-0.4, -0.2) is 22.9 Å². The van der Waals surface area contributed by atoms with E-state index >= 15 is 0 Å². The molecule has 0 fully saturated rings. The van der Waals surface area contributed by atoms with Crippen LogP contribution in [0.25, 0.3) is 10.2 Å². The Balaban J connectivity index is 1.74. The summed E-state index contributed by atoms with van der Waals surface area (Å²) in [5.74, 6) is 0.947. The van der Waals surface area contributed by atoms with Crippen molar-refractivity contribution in [1.29, 1.82) is 0 Å². The number of hydrogen-bond donors (Lipinski definition) is 0. The standard InChI is InChI=1S/C24H22N2OS3/c1-3-29-20-11-7-10-18(14-20)23(27)26(16-17-8-5-4-6-9-17)24-25-21-13-12-19(28-2)15-22(21)30-24/h4-15H,3,16H2,1-2H3. The van der Waals surface area contributed by atoms with E-state index in [0.29, 0.717) is 12.1 Å². The second kappa shape index (κ2) is 9.69. The summed E-state index contributed by atoms with van der Waals surface area (Å²) in [6.45, 7) is 2.60. The second-order valence-corrected chi connectivity index (χ2v) is 9.89. The summed E-state index contributed by atoms with van der Waals surface area (Å²) in [4.78, 5) is 22.5. The van der Waals surface area contributed by atoms with Crippen molar-refractivity contribution in [2.45, 2.75) is 23.3 Å². The first-order chi connectivity index (χ1) is 14.7. The lowest BCUT2D eigenvalue weighted by Gasteiger charge is -2.20. The summed E-state index contributed by atoms with van der Waals surface area (Å²) in [5, 5.41) is 0.727. The highest BCUT2D eigenvalue weighted by molar-refractivity contribution is 7.99. The molecule has 0 radical (unpaired) electrons. The average molecular weight is 451 g/mol. The Hall–Kier alpha value is -2.28. The van der Waals surface area contributed by atoms with Crippen molar-refractivity contribution in [2.24, 2.45) is 0 Å². The lowest BCUT2D eigenvalue weighted by molar-refractivity contribution is 0.0985. The van der Waals surface area contributed by atoms with Gasteiger partial charge >= 0.3 is 0 Å². The van der Waals surface area contributed by atoms with E-state index < -0.39 is 0 Å². The molecule has 0 bridgehead atoms. The van der Waals surface area contributed by atoms with Gasteiger partial charge in [-0.25, -0.2) is 4.98 Å². The zero-order chi connectivity index (χ0) is 20.9. The van der Waals surface area contributed by atoms with Crippen LogP contribution in [0.3, 0.4) is 0 Å². The summed E-state index contributed by atoms with van der Waals surface area (Å²) < 4.78 is 1.10. The van der Waals surface area contributed by atoms with Gasteiger partial charge in [-0.15, -0.1) is 23.5 Å². The molecule has 4 aromatic rings. The molecule has 0 atom stereocenters. The molecule has 0 N–H and O–H groups in total. The van der Waals surface area contributed by atoms with E-state index in [4.69, 9.17) is 4.98 Å². The molecule has 30 heavy (non-hydrogen) atoms. The van der Waals surface area contributed by atoms with Crippen LogP contribution in [0.4, 0.5) is 5.13 Å². The minimum atomic E-state index is -0.0263. The molecule has 0 saturated heterocycles. The Labute approximate surface area is 189 Å². The third-order valence-electron chi connectivity index (χ3n) is 4.64. The molecular formula is C24H22N2OS3. The van der Waals surface area contributed by atoms with Gasteiger partial charge in [-0.2, -0.15) is 0 Å². The molecule has 0 unspecified atom stereocenters. The highest BCUT2D eigenvalue weighted by Crippen LogP contribution is 2.33. The van der Waals surface area contributed by atoms with Gasteiger partial charge in [0.05, 0.1) is 16.8 Å². The number of nitrogens with zero attached hydrogens (tertiary/aromatic N) is 2. The zero-order valence-corrected chi connectivity index (χ0v) is 19.3. The Morgan fingerprint density at radius 2 is 1.83 bits per heavy atom. The number of amides is 1. The lowest BCUT2D eigenvalue weighted by Crippen LogP contribution is -2.30. The van der Waals surface area contributed by atoms with Gasteiger partial charge < -0.3 is 0 Å². The molecule has 3 nitrogen and oxygen atoms in total. The molecule has 1 heterocycles. The number of rotatable bonds is 7. The van der Waals surface area contributed by atoms with Crippen LogP contribution in [0, 0.1) is 0 Å². The number of hydrogen-bond acceptors (Lipinski definition) is 5. The third-order valence-corrected chi connectivity index (χ3v) is 7.28. The van der Waals surface area contributed by atoms with Crippen molar-refractivity contribution in [3.63, 3.8) is 0 Å². The van der Waals surface area contributed by atoms with Gasteiger partial charge in [0.2, 0.25) is 0 Å². The van der Waals surface area contributed by atoms with E-state index in [1.807, 2.05) is 60.7 Å². The van der Waals surface area contributed by atoms with Gasteiger partial charge in [-0.3, -0.25) is 9.69 Å². The van der Waals surface area contributed by atoms with Gasteiger partial charge in [0.15, 0.2) is 5.13 Å². The van der Waals surface area contributed by atoms with Crippen molar-refractivity contribution >= 4 is 56.1 Å². The molecule has 0 aliphatic rings. The number of benzene rings is 3. The summed E-state index contributed by atoms with van der Waals surface area (Å²) in [7, 11) is 0. The smallest absolute Gasteiger partial charge is 0.260 e. The van der Waals surface area contributed by atoms with E-state index in [9.17, 15) is 4.79 Å². The fraction of sp³-hybridized carbons (Fsp3) is 0.167. The molecule has 152 valence electrons. The Kier molecular flexibility index (Phi) is 6.77. The first kappa shape index (κ1) is 21.0. The average Bonchev–Trinajstić information content (AvgIpc) is 3.21. The predicted molar refractivity (Wildman–Crippen MR) is 131 cm³/mol. The molecule has 4 rings (SSSR count). The van der Waals surface area contributed by atoms with Crippen molar-refractivity contribution < 1.29 is 4.79 Å². The molecule has 0 saturated carbocycles. The Morgan fingerprint density at radius 1 is 1.00 bits per heavy atom. The third kappa shape index (κ3) is 4.72. The first-order valence-corrected chi connectivity index (χ1v) is 12.7. The van der Waals surface area contributed by atoms with Crippen molar-refractivity contribution in [1.82, 2.24) is 4.98 Å². The SMILES string of the molecule is CCSc1cccc(C(=O)N(Cc2ccccc2)c2nc3ccc(SC)cc3s2)c1. The van der Waals surface area contributed by atoms with Crippen molar-refractivity contribution in [3.8, 4) is 0 Å². The number of carbonyl (C=O) groups is 1. The molecule has 0 aliphatic carbocycles. The Bertz CT molecular complexity index is 1160. The maximum atomic E-state index is 13.6. The van der Waals surface area contributed by atoms with Crippen molar-refractivity contribution in [2.75, 3.05) is 16.9 Å². The summed E-state index contributed by atoms with van der Waals surface area (Å²) >= 11 is 5.02. The number of thioether (sulfide) groups is 2. The maximum Gasteiger partial charge on any atom is 0.260 e. The fourth-order valence-corrected chi connectivity index (χ4v) is 5.40. The largest absolute Gasteiger partial charge is 0.279 e. The van der Waals surface area contributed by atoms with Gasteiger partial charge in [0.1, 0.15) is 0 Å². The van der Waals surface area contributed by atoms with Crippen LogP contribution in [0.2, 0.25) is 0 Å². The molecule has 0 spiro atoms. The molecule has 1 amide bonds. The summed E-state index contributed by atoms with van der Waals surface area (Å²) in [6, 6.07) is 24.2. The normalized spacial score (nSPS) is 11.0. The number of fused-ring (bicyclic) bond motifs is 1.